The summed E-state index contributed by atoms with van der Waals surface area (Å²) in [6.45, 7) is 3.81. The number of ketones is 1. The molecule has 124 valence electrons. The van der Waals surface area contributed by atoms with Gasteiger partial charge in [-0.05, 0) is 12.8 Å². The maximum Gasteiger partial charge on any atom is 0.454 e. The summed E-state index contributed by atoms with van der Waals surface area (Å²) in [6.07, 6.45) is -4.30. The number of hydrogen-bond donors (Lipinski definition) is 0. The van der Waals surface area contributed by atoms with E-state index in [1.807, 2.05) is 6.92 Å². The van der Waals surface area contributed by atoms with E-state index in [0.717, 1.165) is 0 Å². The second-order valence-electron chi connectivity index (χ2n) is 5.30. The van der Waals surface area contributed by atoms with Gasteiger partial charge in [0.2, 0.25) is 0 Å². The average molecular weight is 320 g/mol. The van der Waals surface area contributed by atoms with Crippen LogP contribution in [-0.4, -0.2) is 67.1 Å². The topological polar surface area (TPSA) is 49.9 Å². The summed E-state index contributed by atoms with van der Waals surface area (Å²) in [7, 11) is 0. The van der Waals surface area contributed by atoms with E-state index in [9.17, 15) is 22.8 Å². The maximum absolute atomic E-state index is 12.8. The SMILES string of the molecule is CCCN1CCC(C(=O)C(F)(F)F)=C(N2CCOCC2)C1=O. The summed E-state index contributed by atoms with van der Waals surface area (Å²) in [6, 6.07) is 0. The van der Waals surface area contributed by atoms with Crippen molar-refractivity contribution in [2.45, 2.75) is 25.9 Å². The summed E-state index contributed by atoms with van der Waals surface area (Å²) in [5, 5.41) is 0. The lowest BCUT2D eigenvalue weighted by Crippen LogP contribution is -2.48. The van der Waals surface area contributed by atoms with E-state index in [2.05, 4.69) is 0 Å². The Morgan fingerprint density at radius 2 is 1.86 bits per heavy atom. The van der Waals surface area contributed by atoms with Crippen LogP contribution >= 0.6 is 0 Å². The number of rotatable bonds is 4. The van der Waals surface area contributed by atoms with Gasteiger partial charge in [0.15, 0.2) is 0 Å². The van der Waals surface area contributed by atoms with Gasteiger partial charge in [0, 0.05) is 31.8 Å². The second-order valence-corrected chi connectivity index (χ2v) is 5.30. The molecule has 1 saturated heterocycles. The van der Waals surface area contributed by atoms with Crippen molar-refractivity contribution in [1.29, 1.82) is 0 Å². The molecule has 2 rings (SSSR count). The first-order valence-electron chi connectivity index (χ1n) is 7.33. The van der Waals surface area contributed by atoms with Crippen LogP contribution in [0, 0.1) is 0 Å². The highest BCUT2D eigenvalue weighted by Crippen LogP contribution is 2.30. The van der Waals surface area contributed by atoms with E-state index < -0.39 is 23.4 Å². The number of alkyl halides is 3. The van der Waals surface area contributed by atoms with Gasteiger partial charge >= 0.3 is 6.18 Å². The lowest BCUT2D eigenvalue weighted by molar-refractivity contribution is -0.167. The van der Waals surface area contributed by atoms with Crippen LogP contribution in [0.2, 0.25) is 0 Å². The molecule has 0 radical (unpaired) electrons. The smallest absolute Gasteiger partial charge is 0.378 e. The molecule has 2 aliphatic heterocycles. The number of hydrogen-bond acceptors (Lipinski definition) is 4. The molecule has 0 bridgehead atoms. The fourth-order valence-corrected chi connectivity index (χ4v) is 2.73. The van der Waals surface area contributed by atoms with Gasteiger partial charge in [-0.3, -0.25) is 9.59 Å². The molecule has 22 heavy (non-hydrogen) atoms. The first kappa shape index (κ1) is 16.8. The van der Waals surface area contributed by atoms with Crippen LogP contribution in [0.3, 0.4) is 0 Å². The minimum absolute atomic E-state index is 0.0588. The highest BCUT2D eigenvalue weighted by molar-refractivity contribution is 6.08. The number of halogens is 3. The van der Waals surface area contributed by atoms with Crippen LogP contribution in [0.25, 0.3) is 0 Å². The van der Waals surface area contributed by atoms with Crippen LogP contribution in [0.15, 0.2) is 11.3 Å². The third kappa shape index (κ3) is 3.43. The lowest BCUT2D eigenvalue weighted by atomic mass is 9.98. The molecule has 0 aromatic rings. The van der Waals surface area contributed by atoms with Gasteiger partial charge < -0.3 is 14.5 Å². The Morgan fingerprint density at radius 1 is 1.23 bits per heavy atom. The third-order valence-electron chi connectivity index (χ3n) is 3.76. The lowest BCUT2D eigenvalue weighted by Gasteiger charge is -2.37. The van der Waals surface area contributed by atoms with Crippen molar-refractivity contribution < 1.29 is 27.5 Å². The molecule has 2 heterocycles. The molecule has 0 unspecified atom stereocenters. The van der Waals surface area contributed by atoms with Crippen molar-refractivity contribution in [3.05, 3.63) is 11.3 Å². The zero-order chi connectivity index (χ0) is 16.3. The van der Waals surface area contributed by atoms with Gasteiger partial charge in [0.25, 0.3) is 11.7 Å². The molecule has 1 amide bonds. The maximum atomic E-state index is 12.8. The van der Waals surface area contributed by atoms with Gasteiger partial charge in [-0.2, -0.15) is 13.2 Å². The van der Waals surface area contributed by atoms with Crippen molar-refractivity contribution in [2.75, 3.05) is 39.4 Å². The van der Waals surface area contributed by atoms with E-state index in [4.69, 9.17) is 4.74 Å². The number of amides is 1. The van der Waals surface area contributed by atoms with Crippen molar-refractivity contribution in [1.82, 2.24) is 9.80 Å². The molecule has 8 heteroatoms. The fraction of sp³-hybridized carbons (Fsp3) is 0.714. The third-order valence-corrected chi connectivity index (χ3v) is 3.76. The number of Topliss-reactive ketones (excluding diaryl/α,β-unsaturated/α-hetero) is 1. The number of nitrogens with zero attached hydrogens (tertiary/aromatic N) is 2. The summed E-state index contributed by atoms with van der Waals surface area (Å²) in [5.41, 5.74) is -0.503. The number of ether oxygens (including phenoxy) is 1. The monoisotopic (exact) mass is 320 g/mol. The minimum atomic E-state index is -4.96. The Hall–Kier alpha value is -1.57. The first-order chi connectivity index (χ1) is 10.4. The van der Waals surface area contributed by atoms with Gasteiger partial charge in [0.05, 0.1) is 13.2 Å². The molecule has 5 nitrogen and oxygen atoms in total. The van der Waals surface area contributed by atoms with Crippen molar-refractivity contribution in [2.24, 2.45) is 0 Å². The Balaban J connectivity index is 2.38. The van der Waals surface area contributed by atoms with Crippen LogP contribution in [-0.2, 0) is 14.3 Å². The van der Waals surface area contributed by atoms with E-state index >= 15 is 0 Å². The van der Waals surface area contributed by atoms with Gasteiger partial charge in [-0.15, -0.1) is 0 Å². The van der Waals surface area contributed by atoms with Gasteiger partial charge in [-0.1, -0.05) is 6.92 Å². The molecule has 0 aromatic carbocycles. The normalized spacial score (nSPS) is 20.6. The van der Waals surface area contributed by atoms with E-state index in [-0.39, 0.29) is 18.7 Å². The standard InChI is InChI=1S/C14H19F3N2O3/c1-2-4-19-5-3-10(12(20)14(15,16)17)11(13(19)21)18-6-8-22-9-7-18/h2-9H2,1H3. The minimum Gasteiger partial charge on any atom is -0.378 e. The summed E-state index contributed by atoms with van der Waals surface area (Å²) in [4.78, 5) is 27.3. The second kappa shape index (κ2) is 6.68. The van der Waals surface area contributed by atoms with Crippen LogP contribution in [0.4, 0.5) is 13.2 Å². The van der Waals surface area contributed by atoms with Crippen LogP contribution in [0.1, 0.15) is 19.8 Å². The Bertz CT molecular complexity index is 482. The van der Waals surface area contributed by atoms with Crippen molar-refractivity contribution >= 4 is 11.7 Å². The Kier molecular flexibility index (Phi) is 5.10. The van der Waals surface area contributed by atoms with Crippen LogP contribution in [0.5, 0.6) is 0 Å². The summed E-state index contributed by atoms with van der Waals surface area (Å²) in [5.74, 6) is -2.39. The number of carbonyl (C=O) groups is 2. The van der Waals surface area contributed by atoms with Crippen molar-refractivity contribution in [3.8, 4) is 0 Å². The molecule has 1 fully saturated rings. The zero-order valence-electron chi connectivity index (χ0n) is 12.4. The molecular formula is C14H19F3N2O3. The average Bonchev–Trinajstić information content (AvgIpc) is 2.48. The molecule has 0 atom stereocenters. The van der Waals surface area contributed by atoms with E-state index in [1.54, 1.807) is 4.90 Å². The first-order valence-corrected chi connectivity index (χ1v) is 7.33. The van der Waals surface area contributed by atoms with E-state index in [1.165, 1.54) is 4.90 Å². The quantitative estimate of drug-likeness (QED) is 0.784. The zero-order valence-corrected chi connectivity index (χ0v) is 12.4. The molecule has 2 aliphatic rings. The molecule has 0 saturated carbocycles. The van der Waals surface area contributed by atoms with Crippen LogP contribution < -0.4 is 0 Å². The predicted molar refractivity (Wildman–Crippen MR) is 72.0 cm³/mol. The summed E-state index contributed by atoms with van der Waals surface area (Å²) >= 11 is 0. The Morgan fingerprint density at radius 3 is 2.41 bits per heavy atom. The molecule has 0 N–H and O–H groups in total. The van der Waals surface area contributed by atoms with Gasteiger partial charge in [-0.25, -0.2) is 0 Å². The highest BCUT2D eigenvalue weighted by atomic mass is 19.4. The van der Waals surface area contributed by atoms with Gasteiger partial charge in [0.1, 0.15) is 5.70 Å². The summed E-state index contributed by atoms with van der Waals surface area (Å²) < 4.78 is 43.6. The Labute approximate surface area is 126 Å². The molecular weight excluding hydrogens is 301 g/mol. The molecule has 0 aliphatic carbocycles. The molecule has 0 aromatic heterocycles. The largest absolute Gasteiger partial charge is 0.454 e. The fourth-order valence-electron chi connectivity index (χ4n) is 2.73. The van der Waals surface area contributed by atoms with Crippen molar-refractivity contribution in [3.63, 3.8) is 0 Å². The van der Waals surface area contributed by atoms with E-state index in [0.29, 0.717) is 39.3 Å². The number of carbonyl (C=O) groups excluding carboxylic acids is 2. The highest BCUT2D eigenvalue weighted by Gasteiger charge is 2.45. The predicted octanol–water partition coefficient (Wildman–Crippen LogP) is 1.35. The number of morpholine rings is 1. The molecule has 0 spiro atoms.